The molecule has 1 aromatic heterocycles. The van der Waals surface area contributed by atoms with Gasteiger partial charge in [0, 0.05) is 41.1 Å². The summed E-state index contributed by atoms with van der Waals surface area (Å²) >= 11 is 0. The Bertz CT molecular complexity index is 1170. The van der Waals surface area contributed by atoms with Crippen LogP contribution in [0.3, 0.4) is 0 Å². The van der Waals surface area contributed by atoms with Crippen molar-refractivity contribution < 1.29 is 19.1 Å². The van der Waals surface area contributed by atoms with Gasteiger partial charge in [-0.3, -0.25) is 9.59 Å². The molecule has 0 unspecified atom stereocenters. The van der Waals surface area contributed by atoms with Crippen LogP contribution < -0.4 is 20.1 Å². The van der Waals surface area contributed by atoms with E-state index in [2.05, 4.69) is 15.6 Å². The Kier molecular flexibility index (Phi) is 4.73. The number of aromatic nitrogens is 1. The standard InChI is InChI=1S/C24H23N3O4/c1-13-8-9-25-20(10-13)27-24(29)21-14(2)26-16-4-3-5-17(28)23(16)22(21)15-6-7-18-19(11-15)31-12-30-18/h6-11,22,26H,3-5,12H2,1-2H3,(H,25,27,29)/t22-/m1/s1. The fourth-order valence-corrected chi connectivity index (χ4v) is 4.50. The smallest absolute Gasteiger partial charge is 0.255 e. The maximum absolute atomic E-state index is 13.4. The lowest BCUT2D eigenvalue weighted by atomic mass is 9.75. The zero-order valence-electron chi connectivity index (χ0n) is 17.5. The molecule has 2 aliphatic heterocycles. The molecule has 7 nitrogen and oxygen atoms in total. The second kappa shape index (κ2) is 7.58. The number of ether oxygens (including phenoxy) is 2. The number of Topliss-reactive ketones (excluding diaryl/α,β-unsaturated/α-hetero) is 1. The normalized spacial score (nSPS) is 19.8. The van der Waals surface area contributed by atoms with Crippen molar-refractivity contribution in [1.82, 2.24) is 10.3 Å². The van der Waals surface area contributed by atoms with Gasteiger partial charge in [-0.15, -0.1) is 0 Å². The third-order valence-corrected chi connectivity index (χ3v) is 5.91. The van der Waals surface area contributed by atoms with Gasteiger partial charge in [0.05, 0.1) is 0 Å². The van der Waals surface area contributed by atoms with Crippen LogP contribution in [-0.2, 0) is 9.59 Å². The van der Waals surface area contributed by atoms with Crippen LogP contribution in [-0.4, -0.2) is 23.5 Å². The van der Waals surface area contributed by atoms with Crippen LogP contribution in [0.15, 0.2) is 59.1 Å². The Morgan fingerprint density at radius 2 is 1.97 bits per heavy atom. The number of amides is 1. The molecule has 0 bridgehead atoms. The molecule has 2 aromatic rings. The van der Waals surface area contributed by atoms with E-state index in [-0.39, 0.29) is 18.5 Å². The highest BCUT2D eigenvalue weighted by Crippen LogP contribution is 2.45. The molecule has 0 radical (unpaired) electrons. The van der Waals surface area contributed by atoms with Gasteiger partial charge in [0.2, 0.25) is 6.79 Å². The molecule has 5 rings (SSSR count). The molecule has 3 heterocycles. The van der Waals surface area contributed by atoms with Crippen LogP contribution in [0.5, 0.6) is 11.5 Å². The SMILES string of the molecule is CC1=C(C(=O)Nc2cc(C)ccn2)[C@@H](c2ccc3c(c2)OCO3)C2=C(CCCC2=O)N1. The number of nitrogens with zero attached hydrogens (tertiary/aromatic N) is 1. The van der Waals surface area contributed by atoms with E-state index in [1.54, 1.807) is 6.20 Å². The van der Waals surface area contributed by atoms with Crippen molar-refractivity contribution in [3.8, 4) is 11.5 Å². The molecular weight excluding hydrogens is 394 g/mol. The van der Waals surface area contributed by atoms with Crippen LogP contribution in [0.4, 0.5) is 5.82 Å². The molecule has 158 valence electrons. The third kappa shape index (κ3) is 3.46. The van der Waals surface area contributed by atoms with Crippen LogP contribution in [0.1, 0.15) is 43.2 Å². The number of rotatable bonds is 3. The fourth-order valence-electron chi connectivity index (χ4n) is 4.50. The van der Waals surface area contributed by atoms with Gasteiger partial charge in [-0.2, -0.15) is 0 Å². The number of hydrogen-bond acceptors (Lipinski definition) is 6. The lowest BCUT2D eigenvalue weighted by molar-refractivity contribution is -0.116. The van der Waals surface area contributed by atoms with Gasteiger partial charge in [0.25, 0.3) is 5.91 Å². The number of allylic oxidation sites excluding steroid dienone is 3. The fraction of sp³-hybridized carbons (Fsp3) is 0.292. The number of ketones is 1. The molecule has 2 N–H and O–H groups in total. The Hall–Kier alpha value is -3.61. The topological polar surface area (TPSA) is 89.6 Å². The van der Waals surface area contributed by atoms with Gasteiger partial charge in [-0.05, 0) is 62.1 Å². The van der Waals surface area contributed by atoms with Crippen molar-refractivity contribution >= 4 is 17.5 Å². The second-order valence-corrected chi connectivity index (χ2v) is 8.05. The summed E-state index contributed by atoms with van der Waals surface area (Å²) in [5.41, 5.74) is 4.64. The van der Waals surface area contributed by atoms with Gasteiger partial charge in [0.1, 0.15) is 5.82 Å². The molecule has 1 atom stereocenters. The highest BCUT2D eigenvalue weighted by atomic mass is 16.7. The van der Waals surface area contributed by atoms with Crippen molar-refractivity contribution in [3.63, 3.8) is 0 Å². The van der Waals surface area contributed by atoms with Crippen LogP contribution in [0, 0.1) is 6.92 Å². The number of benzene rings is 1. The Labute approximate surface area is 180 Å². The monoisotopic (exact) mass is 417 g/mol. The maximum atomic E-state index is 13.4. The van der Waals surface area contributed by atoms with E-state index in [4.69, 9.17) is 9.47 Å². The highest BCUT2D eigenvalue weighted by molar-refractivity contribution is 6.09. The molecular formula is C24H23N3O4. The highest BCUT2D eigenvalue weighted by Gasteiger charge is 2.39. The Morgan fingerprint density at radius 1 is 1.13 bits per heavy atom. The van der Waals surface area contributed by atoms with E-state index in [1.807, 2.05) is 44.2 Å². The van der Waals surface area contributed by atoms with Gasteiger partial charge in [-0.1, -0.05) is 6.07 Å². The number of pyridine rings is 1. The quantitative estimate of drug-likeness (QED) is 0.791. The van der Waals surface area contributed by atoms with E-state index in [0.29, 0.717) is 34.9 Å². The molecule has 1 amide bonds. The summed E-state index contributed by atoms with van der Waals surface area (Å²) < 4.78 is 11.0. The van der Waals surface area contributed by atoms with E-state index in [9.17, 15) is 9.59 Å². The number of hydrogen-bond donors (Lipinski definition) is 2. The first-order valence-electron chi connectivity index (χ1n) is 10.4. The summed E-state index contributed by atoms with van der Waals surface area (Å²) in [6, 6.07) is 9.30. The molecule has 0 spiro atoms. The molecule has 1 aromatic carbocycles. The van der Waals surface area contributed by atoms with Gasteiger partial charge in [0.15, 0.2) is 17.3 Å². The molecule has 0 saturated heterocycles. The number of aryl methyl sites for hydroxylation is 1. The summed E-state index contributed by atoms with van der Waals surface area (Å²) in [5.74, 6) is 1.07. The van der Waals surface area contributed by atoms with E-state index >= 15 is 0 Å². The van der Waals surface area contributed by atoms with E-state index in [1.165, 1.54) is 0 Å². The number of dihydropyridines is 1. The number of fused-ring (bicyclic) bond motifs is 1. The minimum absolute atomic E-state index is 0.0721. The lowest BCUT2D eigenvalue weighted by Crippen LogP contribution is -2.35. The van der Waals surface area contributed by atoms with Crippen LogP contribution >= 0.6 is 0 Å². The van der Waals surface area contributed by atoms with Gasteiger partial charge >= 0.3 is 0 Å². The Morgan fingerprint density at radius 3 is 2.81 bits per heavy atom. The average Bonchev–Trinajstić information content (AvgIpc) is 3.20. The van der Waals surface area contributed by atoms with Crippen LogP contribution in [0.25, 0.3) is 0 Å². The predicted octanol–water partition coefficient (Wildman–Crippen LogP) is 3.73. The maximum Gasteiger partial charge on any atom is 0.255 e. The minimum Gasteiger partial charge on any atom is -0.454 e. The first-order chi connectivity index (χ1) is 15.0. The van der Waals surface area contributed by atoms with Crippen molar-refractivity contribution in [1.29, 1.82) is 0 Å². The van der Waals surface area contributed by atoms with Crippen molar-refractivity contribution in [2.24, 2.45) is 0 Å². The number of carbonyl (C=O) groups excluding carboxylic acids is 2. The molecule has 7 heteroatoms. The lowest BCUT2D eigenvalue weighted by Gasteiger charge is -2.34. The predicted molar refractivity (Wildman–Crippen MR) is 115 cm³/mol. The summed E-state index contributed by atoms with van der Waals surface area (Å²) in [6.45, 7) is 3.98. The van der Waals surface area contributed by atoms with Crippen molar-refractivity contribution in [2.45, 2.75) is 39.0 Å². The average molecular weight is 417 g/mol. The summed E-state index contributed by atoms with van der Waals surface area (Å²) in [6.07, 6.45) is 3.73. The van der Waals surface area contributed by atoms with Gasteiger partial charge < -0.3 is 20.1 Å². The molecule has 3 aliphatic rings. The number of carbonyl (C=O) groups is 2. The summed E-state index contributed by atoms with van der Waals surface area (Å²) in [4.78, 5) is 30.7. The van der Waals surface area contributed by atoms with E-state index < -0.39 is 5.92 Å². The number of nitrogens with one attached hydrogen (secondary N) is 2. The summed E-state index contributed by atoms with van der Waals surface area (Å²) in [5, 5.41) is 6.24. The van der Waals surface area contributed by atoms with Gasteiger partial charge in [-0.25, -0.2) is 4.98 Å². The van der Waals surface area contributed by atoms with Crippen molar-refractivity contribution in [2.75, 3.05) is 12.1 Å². The zero-order chi connectivity index (χ0) is 21.5. The molecule has 31 heavy (non-hydrogen) atoms. The zero-order valence-corrected chi connectivity index (χ0v) is 17.5. The van der Waals surface area contributed by atoms with Crippen LogP contribution in [0.2, 0.25) is 0 Å². The Balaban J connectivity index is 1.59. The third-order valence-electron chi connectivity index (χ3n) is 5.91. The molecule has 1 aliphatic carbocycles. The first-order valence-corrected chi connectivity index (χ1v) is 10.4. The largest absolute Gasteiger partial charge is 0.454 e. The second-order valence-electron chi connectivity index (χ2n) is 8.05. The summed E-state index contributed by atoms with van der Waals surface area (Å²) in [7, 11) is 0. The molecule has 0 fully saturated rings. The van der Waals surface area contributed by atoms with E-state index in [0.717, 1.165) is 35.4 Å². The first kappa shape index (κ1) is 19.4. The minimum atomic E-state index is -0.483. The van der Waals surface area contributed by atoms with Crippen molar-refractivity contribution in [3.05, 3.63) is 70.2 Å². The molecule has 0 saturated carbocycles. The number of anilines is 1.